The first-order valence-electron chi connectivity index (χ1n) is 7.51. The summed E-state index contributed by atoms with van der Waals surface area (Å²) in [6, 6.07) is 6.69. The number of rotatable bonds is 4. The van der Waals surface area contributed by atoms with E-state index in [4.69, 9.17) is 0 Å². The van der Waals surface area contributed by atoms with Gasteiger partial charge in [-0.15, -0.1) is 11.3 Å². The summed E-state index contributed by atoms with van der Waals surface area (Å²) >= 11 is 1.54. The summed E-state index contributed by atoms with van der Waals surface area (Å²) in [6.45, 7) is 0.382. The van der Waals surface area contributed by atoms with Crippen molar-refractivity contribution < 1.29 is 14.4 Å². The normalized spacial score (nSPS) is 17.9. The zero-order valence-corrected chi connectivity index (χ0v) is 14.5. The largest absolute Gasteiger partial charge is 0.339 e. The molecule has 1 aromatic carbocycles. The Balaban J connectivity index is 1.66. The Labute approximate surface area is 143 Å². The number of para-hydroxylation sites is 1. The Morgan fingerprint density at radius 3 is 2.62 bits per heavy atom. The van der Waals surface area contributed by atoms with Crippen LogP contribution >= 0.6 is 11.3 Å². The lowest BCUT2D eigenvalue weighted by molar-refractivity contribution is -0.135. The summed E-state index contributed by atoms with van der Waals surface area (Å²) in [5.41, 5.74) is 0.913. The average Bonchev–Trinajstić information content (AvgIpc) is 3.05. The van der Waals surface area contributed by atoms with Crippen molar-refractivity contribution in [2.24, 2.45) is 0 Å². The number of urea groups is 1. The Morgan fingerprint density at radius 1 is 1.29 bits per heavy atom. The van der Waals surface area contributed by atoms with Crippen LogP contribution in [0.25, 0.3) is 10.2 Å². The third kappa shape index (κ3) is 2.84. The highest BCUT2D eigenvalue weighted by molar-refractivity contribution is 7.18. The molecule has 1 aliphatic rings. The fourth-order valence-corrected chi connectivity index (χ4v) is 3.70. The second kappa shape index (κ2) is 6.20. The molecule has 0 aliphatic carbocycles. The zero-order chi connectivity index (χ0) is 17.4. The van der Waals surface area contributed by atoms with Gasteiger partial charge in [-0.2, -0.15) is 0 Å². The first kappa shape index (κ1) is 16.4. The predicted molar refractivity (Wildman–Crippen MR) is 90.4 cm³/mol. The van der Waals surface area contributed by atoms with E-state index in [0.29, 0.717) is 6.54 Å². The van der Waals surface area contributed by atoms with Gasteiger partial charge in [0.1, 0.15) is 11.0 Å². The SMILES string of the molecule is CN(Cc1nc2ccccc2s1)C(=O)CC1C(=O)N(C)C(=O)N1C. The number of imide groups is 1. The summed E-state index contributed by atoms with van der Waals surface area (Å²) in [5, 5.41) is 0.839. The van der Waals surface area contributed by atoms with Crippen molar-refractivity contribution in [2.75, 3.05) is 21.1 Å². The Kier molecular flexibility index (Phi) is 4.23. The van der Waals surface area contributed by atoms with E-state index in [1.807, 2.05) is 24.3 Å². The second-order valence-electron chi connectivity index (χ2n) is 5.84. The van der Waals surface area contributed by atoms with Crippen LogP contribution in [0.1, 0.15) is 11.4 Å². The van der Waals surface area contributed by atoms with E-state index in [-0.39, 0.29) is 24.3 Å². The number of amides is 4. The molecule has 3 rings (SSSR count). The van der Waals surface area contributed by atoms with E-state index in [0.717, 1.165) is 20.1 Å². The number of thiazole rings is 1. The van der Waals surface area contributed by atoms with Gasteiger partial charge in [0.2, 0.25) is 5.91 Å². The summed E-state index contributed by atoms with van der Waals surface area (Å²) in [6.07, 6.45) is -0.0210. The Bertz CT molecular complexity index is 786. The molecule has 7 nitrogen and oxygen atoms in total. The number of benzene rings is 1. The standard InChI is InChI=1S/C16H18N4O3S/c1-18(9-13-17-10-6-4-5-7-12(10)24-13)14(21)8-11-15(22)20(3)16(23)19(11)2/h4-7,11H,8-9H2,1-3H3. The van der Waals surface area contributed by atoms with Crippen molar-refractivity contribution >= 4 is 39.4 Å². The van der Waals surface area contributed by atoms with Crippen molar-refractivity contribution in [3.8, 4) is 0 Å². The van der Waals surface area contributed by atoms with Crippen LogP contribution in [0.4, 0.5) is 4.79 Å². The van der Waals surface area contributed by atoms with Crippen molar-refractivity contribution in [3.63, 3.8) is 0 Å². The Hall–Kier alpha value is -2.48. The minimum Gasteiger partial charge on any atom is -0.339 e. The summed E-state index contributed by atoms with van der Waals surface area (Å²) in [7, 11) is 4.64. The van der Waals surface area contributed by atoms with Crippen molar-refractivity contribution in [2.45, 2.75) is 19.0 Å². The van der Waals surface area contributed by atoms with Crippen LogP contribution in [0, 0.1) is 0 Å². The zero-order valence-electron chi connectivity index (χ0n) is 13.7. The van der Waals surface area contributed by atoms with Crippen LogP contribution < -0.4 is 0 Å². The second-order valence-corrected chi connectivity index (χ2v) is 6.95. The molecule has 8 heteroatoms. The smallest absolute Gasteiger partial charge is 0.326 e. The molecule has 24 heavy (non-hydrogen) atoms. The van der Waals surface area contributed by atoms with E-state index >= 15 is 0 Å². The number of fused-ring (bicyclic) bond motifs is 1. The maximum atomic E-state index is 12.4. The van der Waals surface area contributed by atoms with Gasteiger partial charge in [-0.25, -0.2) is 9.78 Å². The molecule has 1 aliphatic heterocycles. The van der Waals surface area contributed by atoms with E-state index in [2.05, 4.69) is 4.98 Å². The number of likely N-dealkylation sites (N-methyl/N-ethyl adjacent to an activating group) is 2. The molecule has 0 spiro atoms. The Morgan fingerprint density at radius 2 is 2.00 bits per heavy atom. The van der Waals surface area contributed by atoms with Gasteiger partial charge in [-0.3, -0.25) is 14.5 Å². The van der Waals surface area contributed by atoms with Gasteiger partial charge in [0.15, 0.2) is 0 Å². The molecule has 1 saturated heterocycles. The number of carbonyl (C=O) groups is 3. The molecular formula is C16H18N4O3S. The molecule has 0 bridgehead atoms. The molecule has 0 radical (unpaired) electrons. The summed E-state index contributed by atoms with van der Waals surface area (Å²) in [5.74, 6) is -0.535. The highest BCUT2D eigenvalue weighted by atomic mass is 32.1. The van der Waals surface area contributed by atoms with Gasteiger partial charge in [0.25, 0.3) is 5.91 Å². The number of hydrogen-bond donors (Lipinski definition) is 0. The third-order valence-electron chi connectivity index (χ3n) is 4.18. The monoisotopic (exact) mass is 346 g/mol. The quantitative estimate of drug-likeness (QED) is 0.787. The highest BCUT2D eigenvalue weighted by Crippen LogP contribution is 2.23. The average molecular weight is 346 g/mol. The lowest BCUT2D eigenvalue weighted by Crippen LogP contribution is -2.38. The third-order valence-corrected chi connectivity index (χ3v) is 5.20. The fraction of sp³-hybridized carbons (Fsp3) is 0.375. The van der Waals surface area contributed by atoms with Gasteiger partial charge in [-0.1, -0.05) is 12.1 Å². The molecule has 2 heterocycles. The van der Waals surface area contributed by atoms with Gasteiger partial charge in [-0.05, 0) is 12.1 Å². The van der Waals surface area contributed by atoms with Crippen LogP contribution in [0.5, 0.6) is 0 Å². The topological polar surface area (TPSA) is 73.8 Å². The molecule has 1 aromatic heterocycles. The van der Waals surface area contributed by atoms with E-state index in [1.54, 1.807) is 23.3 Å². The summed E-state index contributed by atoms with van der Waals surface area (Å²) in [4.78, 5) is 44.6. The molecule has 1 atom stereocenters. The number of nitrogens with zero attached hydrogens (tertiary/aromatic N) is 4. The molecule has 1 unspecified atom stereocenters. The van der Waals surface area contributed by atoms with Crippen molar-refractivity contribution in [1.82, 2.24) is 19.7 Å². The molecule has 0 saturated carbocycles. The van der Waals surface area contributed by atoms with Crippen LogP contribution in [-0.2, 0) is 16.1 Å². The molecular weight excluding hydrogens is 328 g/mol. The van der Waals surface area contributed by atoms with Crippen molar-refractivity contribution in [3.05, 3.63) is 29.3 Å². The lowest BCUT2D eigenvalue weighted by atomic mass is 10.1. The van der Waals surface area contributed by atoms with E-state index in [9.17, 15) is 14.4 Å². The van der Waals surface area contributed by atoms with Crippen LogP contribution in [-0.4, -0.2) is 64.7 Å². The van der Waals surface area contributed by atoms with Gasteiger partial charge in [0, 0.05) is 21.1 Å². The van der Waals surface area contributed by atoms with E-state index < -0.39 is 6.04 Å². The summed E-state index contributed by atoms with van der Waals surface area (Å²) < 4.78 is 1.08. The molecule has 2 aromatic rings. The van der Waals surface area contributed by atoms with Crippen LogP contribution in [0.2, 0.25) is 0 Å². The maximum absolute atomic E-state index is 12.4. The van der Waals surface area contributed by atoms with Crippen LogP contribution in [0.3, 0.4) is 0 Å². The molecule has 126 valence electrons. The minimum atomic E-state index is -0.729. The van der Waals surface area contributed by atoms with Crippen molar-refractivity contribution in [1.29, 1.82) is 0 Å². The highest BCUT2D eigenvalue weighted by Gasteiger charge is 2.42. The first-order chi connectivity index (χ1) is 11.4. The maximum Gasteiger partial charge on any atom is 0.326 e. The first-order valence-corrected chi connectivity index (χ1v) is 8.33. The van der Waals surface area contributed by atoms with Gasteiger partial charge < -0.3 is 9.80 Å². The fourth-order valence-electron chi connectivity index (χ4n) is 2.68. The number of carbonyl (C=O) groups excluding carboxylic acids is 3. The molecule has 1 fully saturated rings. The molecule has 4 amide bonds. The lowest BCUT2D eigenvalue weighted by Gasteiger charge is -2.20. The number of hydrogen-bond acceptors (Lipinski definition) is 5. The molecule has 0 N–H and O–H groups in total. The predicted octanol–water partition coefficient (Wildman–Crippen LogP) is 1.54. The minimum absolute atomic E-state index is 0.0210. The number of aromatic nitrogens is 1. The van der Waals surface area contributed by atoms with E-state index in [1.165, 1.54) is 19.0 Å². The van der Waals surface area contributed by atoms with Gasteiger partial charge in [0.05, 0.1) is 23.2 Å². The van der Waals surface area contributed by atoms with Crippen LogP contribution in [0.15, 0.2) is 24.3 Å². The van der Waals surface area contributed by atoms with Gasteiger partial charge >= 0.3 is 6.03 Å².